The molecule has 0 saturated heterocycles. The van der Waals surface area contributed by atoms with Crippen LogP contribution in [-0.4, -0.2) is 21.8 Å². The molecule has 0 atom stereocenters. The van der Waals surface area contributed by atoms with Crippen molar-refractivity contribution in [1.29, 1.82) is 0 Å². The second kappa shape index (κ2) is 6.79. The minimum Gasteiger partial charge on any atom is -0.487 e. The van der Waals surface area contributed by atoms with Crippen LogP contribution in [0.25, 0.3) is 5.65 Å². The Morgan fingerprint density at radius 1 is 1.26 bits per heavy atom. The van der Waals surface area contributed by atoms with Gasteiger partial charge in [0.25, 0.3) is 5.91 Å². The van der Waals surface area contributed by atoms with Gasteiger partial charge in [-0.1, -0.05) is 12.1 Å². The molecule has 2 heterocycles. The molecule has 0 aliphatic rings. The highest BCUT2D eigenvalue weighted by atomic mass is 16.5. The third kappa shape index (κ3) is 3.58. The van der Waals surface area contributed by atoms with Crippen LogP contribution in [0.4, 0.5) is 0 Å². The van der Waals surface area contributed by atoms with Gasteiger partial charge in [-0.25, -0.2) is 4.98 Å². The van der Waals surface area contributed by atoms with E-state index in [9.17, 15) is 4.79 Å². The molecule has 0 aliphatic carbocycles. The number of fused-ring (bicyclic) bond motifs is 1. The van der Waals surface area contributed by atoms with Crippen molar-refractivity contribution in [2.24, 2.45) is 0 Å². The largest absolute Gasteiger partial charge is 0.487 e. The molecule has 0 radical (unpaired) electrons. The van der Waals surface area contributed by atoms with Gasteiger partial charge in [-0.15, -0.1) is 6.58 Å². The standard InChI is InChI=1S/C18H17N3O2/c1-2-10-19-18(22)14-6-8-16(9-7-14)23-13-15-12-21-11-4-3-5-17(21)20-15/h2-9,11-12H,1,10,13H2,(H,19,22). The molecule has 0 saturated carbocycles. The quantitative estimate of drug-likeness (QED) is 0.712. The second-order valence-corrected chi connectivity index (χ2v) is 5.01. The molecule has 5 heteroatoms. The van der Waals surface area contributed by atoms with Gasteiger partial charge in [0.15, 0.2) is 0 Å². The van der Waals surface area contributed by atoms with E-state index in [-0.39, 0.29) is 5.91 Å². The van der Waals surface area contributed by atoms with Gasteiger partial charge in [-0.3, -0.25) is 4.79 Å². The zero-order chi connectivity index (χ0) is 16.1. The Labute approximate surface area is 134 Å². The average molecular weight is 307 g/mol. The lowest BCUT2D eigenvalue weighted by atomic mass is 10.2. The van der Waals surface area contributed by atoms with Crippen molar-refractivity contribution in [3.8, 4) is 5.75 Å². The maximum absolute atomic E-state index is 11.8. The summed E-state index contributed by atoms with van der Waals surface area (Å²) in [5.74, 6) is 0.569. The van der Waals surface area contributed by atoms with Gasteiger partial charge >= 0.3 is 0 Å². The summed E-state index contributed by atoms with van der Waals surface area (Å²) in [7, 11) is 0. The Hall–Kier alpha value is -3.08. The zero-order valence-corrected chi connectivity index (χ0v) is 12.6. The first-order chi connectivity index (χ1) is 11.3. The van der Waals surface area contributed by atoms with Gasteiger partial charge < -0.3 is 14.5 Å². The van der Waals surface area contributed by atoms with Crippen LogP contribution < -0.4 is 10.1 Å². The van der Waals surface area contributed by atoms with E-state index in [1.54, 1.807) is 30.3 Å². The maximum Gasteiger partial charge on any atom is 0.251 e. The van der Waals surface area contributed by atoms with E-state index in [0.29, 0.717) is 24.5 Å². The van der Waals surface area contributed by atoms with Gasteiger partial charge in [-0.05, 0) is 36.4 Å². The van der Waals surface area contributed by atoms with Gasteiger partial charge in [-0.2, -0.15) is 0 Å². The van der Waals surface area contributed by atoms with E-state index >= 15 is 0 Å². The van der Waals surface area contributed by atoms with Gasteiger partial charge in [0.1, 0.15) is 18.0 Å². The number of hydrogen-bond acceptors (Lipinski definition) is 3. The van der Waals surface area contributed by atoms with E-state index in [0.717, 1.165) is 11.3 Å². The van der Waals surface area contributed by atoms with Crippen molar-refractivity contribution in [3.05, 3.63) is 78.8 Å². The Balaban J connectivity index is 1.62. The third-order valence-electron chi connectivity index (χ3n) is 3.32. The molecule has 3 rings (SSSR count). The predicted octanol–water partition coefficient (Wildman–Crippen LogP) is 2.83. The maximum atomic E-state index is 11.8. The zero-order valence-electron chi connectivity index (χ0n) is 12.6. The molecule has 1 aromatic carbocycles. The minimum atomic E-state index is -0.128. The lowest BCUT2D eigenvalue weighted by molar-refractivity contribution is 0.0958. The predicted molar refractivity (Wildman–Crippen MR) is 88.5 cm³/mol. The molecular formula is C18H17N3O2. The van der Waals surface area contributed by atoms with Gasteiger partial charge in [0.05, 0.1) is 5.69 Å². The van der Waals surface area contributed by atoms with Crippen LogP contribution in [0, 0.1) is 0 Å². The van der Waals surface area contributed by atoms with E-state index in [1.165, 1.54) is 0 Å². The van der Waals surface area contributed by atoms with Crippen molar-refractivity contribution in [2.45, 2.75) is 6.61 Å². The number of nitrogens with one attached hydrogen (secondary N) is 1. The molecule has 3 aromatic rings. The molecule has 5 nitrogen and oxygen atoms in total. The Morgan fingerprint density at radius 3 is 2.83 bits per heavy atom. The number of imidazole rings is 1. The molecule has 23 heavy (non-hydrogen) atoms. The summed E-state index contributed by atoms with van der Waals surface area (Å²) in [6.45, 7) is 4.39. The van der Waals surface area contributed by atoms with Crippen LogP contribution in [0.3, 0.4) is 0 Å². The first kappa shape index (κ1) is 14.8. The fourth-order valence-corrected chi connectivity index (χ4v) is 2.18. The molecule has 0 spiro atoms. The molecule has 0 unspecified atom stereocenters. The number of hydrogen-bond donors (Lipinski definition) is 1. The minimum absolute atomic E-state index is 0.128. The van der Waals surface area contributed by atoms with Crippen LogP contribution in [0.5, 0.6) is 5.75 Å². The number of carbonyl (C=O) groups is 1. The second-order valence-electron chi connectivity index (χ2n) is 5.01. The Morgan fingerprint density at radius 2 is 2.09 bits per heavy atom. The van der Waals surface area contributed by atoms with Crippen molar-refractivity contribution in [2.75, 3.05) is 6.54 Å². The molecule has 0 fully saturated rings. The van der Waals surface area contributed by atoms with Crippen molar-refractivity contribution >= 4 is 11.6 Å². The highest BCUT2D eigenvalue weighted by molar-refractivity contribution is 5.94. The summed E-state index contributed by atoms with van der Waals surface area (Å²) < 4.78 is 7.66. The summed E-state index contributed by atoms with van der Waals surface area (Å²) in [4.78, 5) is 16.3. The van der Waals surface area contributed by atoms with Crippen molar-refractivity contribution < 1.29 is 9.53 Å². The molecule has 1 N–H and O–H groups in total. The fourth-order valence-electron chi connectivity index (χ4n) is 2.18. The monoisotopic (exact) mass is 307 g/mol. The molecule has 1 amide bonds. The summed E-state index contributed by atoms with van der Waals surface area (Å²) in [5, 5.41) is 2.73. The van der Waals surface area contributed by atoms with Crippen LogP contribution in [-0.2, 0) is 6.61 Å². The van der Waals surface area contributed by atoms with Crippen LogP contribution >= 0.6 is 0 Å². The summed E-state index contributed by atoms with van der Waals surface area (Å²) in [6.07, 6.45) is 5.53. The number of aromatic nitrogens is 2. The van der Waals surface area contributed by atoms with Crippen LogP contribution in [0.15, 0.2) is 67.5 Å². The van der Waals surface area contributed by atoms with E-state index in [4.69, 9.17) is 4.74 Å². The summed E-state index contributed by atoms with van der Waals surface area (Å²) in [5.41, 5.74) is 2.33. The lowest BCUT2D eigenvalue weighted by Crippen LogP contribution is -2.22. The smallest absolute Gasteiger partial charge is 0.251 e. The number of pyridine rings is 1. The number of benzene rings is 1. The summed E-state index contributed by atoms with van der Waals surface area (Å²) >= 11 is 0. The molecule has 2 aromatic heterocycles. The van der Waals surface area contributed by atoms with Gasteiger partial charge in [0, 0.05) is 24.5 Å². The molecular weight excluding hydrogens is 290 g/mol. The molecule has 0 aliphatic heterocycles. The van der Waals surface area contributed by atoms with Crippen LogP contribution in [0.2, 0.25) is 0 Å². The highest BCUT2D eigenvalue weighted by Gasteiger charge is 2.05. The van der Waals surface area contributed by atoms with Crippen molar-refractivity contribution in [1.82, 2.24) is 14.7 Å². The average Bonchev–Trinajstić information content (AvgIpc) is 3.01. The number of rotatable bonds is 6. The Bertz CT molecular complexity index is 789. The number of carbonyl (C=O) groups excluding carboxylic acids is 1. The fraction of sp³-hybridized carbons (Fsp3) is 0.111. The first-order valence-electron chi connectivity index (χ1n) is 7.31. The molecule has 116 valence electrons. The SMILES string of the molecule is C=CCNC(=O)c1ccc(OCc2cn3ccccc3n2)cc1. The van der Waals surface area contributed by atoms with E-state index in [1.807, 2.05) is 35.0 Å². The van der Waals surface area contributed by atoms with Crippen LogP contribution in [0.1, 0.15) is 16.1 Å². The highest BCUT2D eigenvalue weighted by Crippen LogP contribution is 2.14. The van der Waals surface area contributed by atoms with Gasteiger partial charge in [0.2, 0.25) is 0 Å². The number of amides is 1. The van der Waals surface area contributed by atoms with Crippen molar-refractivity contribution in [3.63, 3.8) is 0 Å². The summed E-state index contributed by atoms with van der Waals surface area (Å²) in [6, 6.07) is 12.9. The van der Waals surface area contributed by atoms with E-state index < -0.39 is 0 Å². The number of ether oxygens (including phenoxy) is 1. The third-order valence-corrected chi connectivity index (χ3v) is 3.32. The molecule has 0 bridgehead atoms. The normalized spacial score (nSPS) is 10.4. The number of nitrogens with zero attached hydrogens (tertiary/aromatic N) is 2. The lowest BCUT2D eigenvalue weighted by Gasteiger charge is -2.06. The topological polar surface area (TPSA) is 55.6 Å². The van der Waals surface area contributed by atoms with E-state index in [2.05, 4.69) is 16.9 Å². The Kier molecular flexibility index (Phi) is 4.38. The first-order valence-corrected chi connectivity index (χ1v) is 7.31.